The highest BCUT2D eigenvalue weighted by molar-refractivity contribution is 5.89. The Morgan fingerprint density at radius 2 is 1.84 bits per heavy atom. The Bertz CT molecular complexity index is 1020. The van der Waals surface area contributed by atoms with Gasteiger partial charge in [0, 0.05) is 5.69 Å². The van der Waals surface area contributed by atoms with Gasteiger partial charge in [-0.1, -0.05) is 45.0 Å². The maximum atomic E-state index is 12.2. The predicted molar refractivity (Wildman–Crippen MR) is 123 cm³/mol. The number of urea groups is 1. The summed E-state index contributed by atoms with van der Waals surface area (Å²) in [6.45, 7) is 11.7. The van der Waals surface area contributed by atoms with Crippen molar-refractivity contribution in [2.75, 3.05) is 18.5 Å². The van der Waals surface area contributed by atoms with Gasteiger partial charge in [0.25, 0.3) is 0 Å². The average Bonchev–Trinajstić information content (AvgIpc) is 3.02. The number of hydrogen-bond donors (Lipinski definition) is 2. The van der Waals surface area contributed by atoms with E-state index in [-0.39, 0.29) is 11.4 Å². The standard InChI is InChI=1S/C24H31N5O2/c1-17-26-18(2)29(28-17)16-19-7-6-8-21(15-19)27-23(30)25-13-14-31-22-11-9-20(10-12-22)24(3,4)5/h6-12,15H,13-14,16H2,1-5H3,(H2,25,27,30). The van der Waals surface area contributed by atoms with Crippen molar-refractivity contribution >= 4 is 11.7 Å². The third kappa shape index (κ3) is 6.57. The van der Waals surface area contributed by atoms with Gasteiger partial charge in [0.1, 0.15) is 24.0 Å². The maximum Gasteiger partial charge on any atom is 0.319 e. The van der Waals surface area contributed by atoms with E-state index in [2.05, 4.69) is 53.6 Å². The molecule has 3 aromatic rings. The lowest BCUT2D eigenvalue weighted by Gasteiger charge is -2.19. The van der Waals surface area contributed by atoms with E-state index in [0.29, 0.717) is 19.7 Å². The lowest BCUT2D eigenvalue weighted by Crippen LogP contribution is -2.32. The minimum atomic E-state index is -0.267. The van der Waals surface area contributed by atoms with Crippen LogP contribution in [0, 0.1) is 13.8 Å². The Morgan fingerprint density at radius 3 is 2.48 bits per heavy atom. The van der Waals surface area contributed by atoms with Crippen molar-refractivity contribution in [3.8, 4) is 5.75 Å². The van der Waals surface area contributed by atoms with Crippen LogP contribution >= 0.6 is 0 Å². The summed E-state index contributed by atoms with van der Waals surface area (Å²) >= 11 is 0. The molecule has 0 aliphatic heterocycles. The zero-order chi connectivity index (χ0) is 22.4. The second-order valence-corrected chi connectivity index (χ2v) is 8.57. The zero-order valence-electron chi connectivity index (χ0n) is 18.9. The molecule has 0 fully saturated rings. The van der Waals surface area contributed by atoms with Crippen molar-refractivity contribution in [1.29, 1.82) is 0 Å². The van der Waals surface area contributed by atoms with Crippen molar-refractivity contribution in [2.24, 2.45) is 0 Å². The highest BCUT2D eigenvalue weighted by atomic mass is 16.5. The first-order chi connectivity index (χ1) is 14.7. The minimum Gasteiger partial charge on any atom is -0.492 e. The highest BCUT2D eigenvalue weighted by Gasteiger charge is 2.13. The van der Waals surface area contributed by atoms with Crippen LogP contribution in [0.15, 0.2) is 48.5 Å². The number of benzene rings is 2. The van der Waals surface area contributed by atoms with Gasteiger partial charge in [0.05, 0.1) is 13.1 Å². The molecule has 7 heteroatoms. The Labute approximate surface area is 183 Å². The van der Waals surface area contributed by atoms with Gasteiger partial charge in [-0.25, -0.2) is 14.5 Å². The molecule has 3 rings (SSSR count). The molecule has 0 spiro atoms. The van der Waals surface area contributed by atoms with E-state index in [1.807, 2.05) is 54.9 Å². The monoisotopic (exact) mass is 421 g/mol. The second-order valence-electron chi connectivity index (χ2n) is 8.57. The van der Waals surface area contributed by atoms with Gasteiger partial charge in [0.2, 0.25) is 0 Å². The average molecular weight is 422 g/mol. The SMILES string of the molecule is Cc1nc(C)n(Cc2cccc(NC(=O)NCCOc3ccc(C(C)(C)C)cc3)c2)n1. The van der Waals surface area contributed by atoms with Crippen LogP contribution in [-0.2, 0) is 12.0 Å². The van der Waals surface area contributed by atoms with Crippen molar-refractivity contribution in [1.82, 2.24) is 20.1 Å². The predicted octanol–water partition coefficient (Wildman–Crippen LogP) is 4.44. The fraction of sp³-hybridized carbons (Fsp3) is 0.375. The van der Waals surface area contributed by atoms with Gasteiger partial charge in [-0.2, -0.15) is 5.10 Å². The molecule has 0 saturated heterocycles. The van der Waals surface area contributed by atoms with Crippen molar-refractivity contribution in [3.63, 3.8) is 0 Å². The summed E-state index contributed by atoms with van der Waals surface area (Å²) in [7, 11) is 0. The highest BCUT2D eigenvalue weighted by Crippen LogP contribution is 2.24. The molecule has 2 amide bonds. The van der Waals surface area contributed by atoms with Crippen LogP contribution in [0.3, 0.4) is 0 Å². The Hall–Kier alpha value is -3.35. The third-order valence-corrected chi connectivity index (χ3v) is 4.86. The molecular formula is C24H31N5O2. The number of aryl methyl sites for hydroxylation is 2. The number of hydrogen-bond acceptors (Lipinski definition) is 4. The molecule has 0 bridgehead atoms. The summed E-state index contributed by atoms with van der Waals surface area (Å²) in [4.78, 5) is 16.5. The minimum absolute atomic E-state index is 0.114. The number of nitrogens with zero attached hydrogens (tertiary/aromatic N) is 3. The van der Waals surface area contributed by atoms with Gasteiger partial charge in [-0.3, -0.25) is 0 Å². The number of nitrogens with one attached hydrogen (secondary N) is 2. The summed E-state index contributed by atoms with van der Waals surface area (Å²) in [6.07, 6.45) is 0. The number of ether oxygens (including phenoxy) is 1. The van der Waals surface area contributed by atoms with E-state index in [0.717, 1.165) is 28.6 Å². The summed E-state index contributed by atoms with van der Waals surface area (Å²) in [6, 6.07) is 15.5. The first kappa shape index (κ1) is 22.3. The summed E-state index contributed by atoms with van der Waals surface area (Å²) in [5.74, 6) is 2.40. The lowest BCUT2D eigenvalue weighted by atomic mass is 9.87. The molecule has 0 aliphatic rings. The number of aromatic nitrogens is 3. The molecule has 0 aliphatic carbocycles. The largest absolute Gasteiger partial charge is 0.492 e. The first-order valence-corrected chi connectivity index (χ1v) is 10.5. The van der Waals surface area contributed by atoms with Crippen LogP contribution < -0.4 is 15.4 Å². The number of amides is 2. The topological polar surface area (TPSA) is 81.1 Å². The molecule has 2 N–H and O–H groups in total. The van der Waals surface area contributed by atoms with Gasteiger partial charge in [-0.15, -0.1) is 0 Å². The molecule has 31 heavy (non-hydrogen) atoms. The molecule has 0 radical (unpaired) electrons. The van der Waals surface area contributed by atoms with Gasteiger partial charge in [-0.05, 0) is 54.7 Å². The molecule has 0 unspecified atom stereocenters. The maximum absolute atomic E-state index is 12.2. The van der Waals surface area contributed by atoms with Crippen molar-refractivity contribution < 1.29 is 9.53 Å². The zero-order valence-corrected chi connectivity index (χ0v) is 18.9. The Balaban J connectivity index is 1.44. The van der Waals surface area contributed by atoms with Crippen molar-refractivity contribution in [3.05, 3.63) is 71.3 Å². The Kier molecular flexibility index (Phi) is 6.95. The van der Waals surface area contributed by atoms with Gasteiger partial charge < -0.3 is 15.4 Å². The van der Waals surface area contributed by atoms with E-state index in [1.165, 1.54) is 5.56 Å². The summed E-state index contributed by atoms with van der Waals surface area (Å²) < 4.78 is 7.56. The summed E-state index contributed by atoms with van der Waals surface area (Å²) in [5.41, 5.74) is 3.13. The van der Waals surface area contributed by atoms with E-state index < -0.39 is 0 Å². The van der Waals surface area contributed by atoms with Crippen molar-refractivity contribution in [2.45, 2.75) is 46.6 Å². The van der Waals surface area contributed by atoms with Crippen LogP contribution in [0.2, 0.25) is 0 Å². The van der Waals surface area contributed by atoms with Crippen LogP contribution in [0.4, 0.5) is 10.5 Å². The van der Waals surface area contributed by atoms with Gasteiger partial charge >= 0.3 is 6.03 Å². The second kappa shape index (κ2) is 9.64. The van der Waals surface area contributed by atoms with Crippen LogP contribution in [-0.4, -0.2) is 33.9 Å². The molecule has 0 atom stereocenters. The molecule has 164 valence electrons. The number of carbonyl (C=O) groups is 1. The number of carbonyl (C=O) groups excluding carboxylic acids is 1. The molecule has 0 saturated carbocycles. The molecular weight excluding hydrogens is 390 g/mol. The van der Waals surface area contributed by atoms with E-state index >= 15 is 0 Å². The van der Waals surface area contributed by atoms with Crippen LogP contribution in [0.5, 0.6) is 5.75 Å². The number of rotatable bonds is 7. The molecule has 2 aromatic carbocycles. The number of anilines is 1. The van der Waals surface area contributed by atoms with E-state index in [4.69, 9.17) is 4.74 Å². The molecule has 1 aromatic heterocycles. The fourth-order valence-corrected chi connectivity index (χ4v) is 3.19. The quantitative estimate of drug-likeness (QED) is 0.553. The van der Waals surface area contributed by atoms with E-state index in [1.54, 1.807) is 0 Å². The third-order valence-electron chi connectivity index (χ3n) is 4.86. The van der Waals surface area contributed by atoms with E-state index in [9.17, 15) is 4.79 Å². The lowest BCUT2D eigenvalue weighted by molar-refractivity contribution is 0.247. The van der Waals surface area contributed by atoms with Crippen LogP contribution in [0.1, 0.15) is 43.5 Å². The molecule has 1 heterocycles. The van der Waals surface area contributed by atoms with Gasteiger partial charge in [0.15, 0.2) is 0 Å². The smallest absolute Gasteiger partial charge is 0.319 e. The summed E-state index contributed by atoms with van der Waals surface area (Å²) in [5, 5.41) is 10.1. The van der Waals surface area contributed by atoms with Crippen LogP contribution in [0.25, 0.3) is 0 Å². The Morgan fingerprint density at radius 1 is 1.10 bits per heavy atom. The normalized spacial score (nSPS) is 11.3. The fourth-order valence-electron chi connectivity index (χ4n) is 3.19. The first-order valence-electron chi connectivity index (χ1n) is 10.5. The molecule has 7 nitrogen and oxygen atoms in total.